The maximum absolute atomic E-state index is 12.5. The normalized spacial score (nSPS) is 12.0. The Morgan fingerprint density at radius 1 is 1.23 bits per heavy atom. The maximum Gasteiger partial charge on any atom is 0.237 e. The van der Waals surface area contributed by atoms with E-state index in [1.807, 2.05) is 61.7 Å². The minimum atomic E-state index is -0.255. The molecule has 134 valence electrons. The molecule has 6 nitrogen and oxygen atoms in total. The van der Waals surface area contributed by atoms with Gasteiger partial charge in [-0.25, -0.2) is 0 Å². The highest BCUT2D eigenvalue weighted by atomic mass is 35.5. The summed E-state index contributed by atoms with van der Waals surface area (Å²) in [5.41, 5.74) is 1.48. The van der Waals surface area contributed by atoms with Gasteiger partial charge in [0.1, 0.15) is 0 Å². The van der Waals surface area contributed by atoms with Crippen molar-refractivity contribution in [1.82, 2.24) is 20.2 Å². The lowest BCUT2D eigenvalue weighted by Crippen LogP contribution is -2.22. The van der Waals surface area contributed by atoms with E-state index in [1.165, 1.54) is 23.5 Å². The summed E-state index contributed by atoms with van der Waals surface area (Å²) >= 11 is 8.82. The molecule has 1 heterocycles. The molecular formula is C17H16ClN5OS2. The van der Waals surface area contributed by atoms with Crippen molar-refractivity contribution in [2.75, 3.05) is 11.6 Å². The molecule has 0 bridgehead atoms. The predicted octanol–water partition coefficient (Wildman–Crippen LogP) is 4.16. The van der Waals surface area contributed by atoms with Crippen LogP contribution in [-0.2, 0) is 4.79 Å². The Morgan fingerprint density at radius 2 is 2.00 bits per heavy atom. The van der Waals surface area contributed by atoms with Crippen LogP contribution < -0.4 is 5.32 Å². The van der Waals surface area contributed by atoms with Crippen LogP contribution in [-0.4, -0.2) is 37.6 Å². The van der Waals surface area contributed by atoms with Crippen molar-refractivity contribution in [1.29, 1.82) is 0 Å². The summed E-state index contributed by atoms with van der Waals surface area (Å²) in [5.74, 6) is -0.0797. The molecule has 2 aromatic carbocycles. The molecule has 0 radical (unpaired) electrons. The van der Waals surface area contributed by atoms with E-state index in [0.717, 1.165) is 10.6 Å². The van der Waals surface area contributed by atoms with Crippen molar-refractivity contribution in [3.8, 4) is 5.69 Å². The van der Waals surface area contributed by atoms with Gasteiger partial charge in [-0.15, -0.1) is 16.9 Å². The lowest BCUT2D eigenvalue weighted by Gasteiger charge is -2.13. The van der Waals surface area contributed by atoms with Gasteiger partial charge < -0.3 is 5.32 Å². The van der Waals surface area contributed by atoms with Crippen molar-refractivity contribution in [3.63, 3.8) is 0 Å². The molecule has 3 rings (SSSR count). The Kier molecular flexibility index (Phi) is 6.18. The number of tetrazole rings is 1. The fourth-order valence-corrected chi connectivity index (χ4v) is 3.62. The van der Waals surface area contributed by atoms with Gasteiger partial charge in [0.25, 0.3) is 0 Å². The van der Waals surface area contributed by atoms with Crippen LogP contribution in [0, 0.1) is 0 Å². The third-order valence-corrected chi connectivity index (χ3v) is 5.46. The maximum atomic E-state index is 12.5. The van der Waals surface area contributed by atoms with Crippen LogP contribution in [0.25, 0.3) is 5.69 Å². The lowest BCUT2D eigenvalue weighted by molar-refractivity contribution is -0.115. The molecule has 0 aliphatic heterocycles. The number of carbonyl (C=O) groups excluding carboxylic acids is 1. The van der Waals surface area contributed by atoms with Crippen molar-refractivity contribution < 1.29 is 4.79 Å². The molecule has 1 unspecified atom stereocenters. The van der Waals surface area contributed by atoms with E-state index in [1.54, 1.807) is 4.68 Å². The fraction of sp³-hybridized carbons (Fsp3) is 0.176. The number of hydrogen-bond donors (Lipinski definition) is 1. The van der Waals surface area contributed by atoms with Crippen molar-refractivity contribution >= 4 is 46.7 Å². The van der Waals surface area contributed by atoms with Crippen LogP contribution >= 0.6 is 35.1 Å². The smallest absolute Gasteiger partial charge is 0.237 e. The van der Waals surface area contributed by atoms with E-state index >= 15 is 0 Å². The molecule has 0 aliphatic carbocycles. The predicted molar refractivity (Wildman–Crippen MR) is 106 cm³/mol. The van der Waals surface area contributed by atoms with Crippen LogP contribution in [0.3, 0.4) is 0 Å². The van der Waals surface area contributed by atoms with Crippen molar-refractivity contribution in [2.24, 2.45) is 0 Å². The number of benzene rings is 2. The van der Waals surface area contributed by atoms with E-state index in [0.29, 0.717) is 15.9 Å². The van der Waals surface area contributed by atoms with Gasteiger partial charge in [-0.1, -0.05) is 29.4 Å². The fourth-order valence-electron chi connectivity index (χ4n) is 2.20. The first-order chi connectivity index (χ1) is 12.6. The number of carbonyl (C=O) groups is 1. The second-order valence-corrected chi connectivity index (χ2v) is 7.96. The summed E-state index contributed by atoms with van der Waals surface area (Å²) in [5, 5.41) is 15.7. The summed E-state index contributed by atoms with van der Waals surface area (Å²) in [7, 11) is 0. The Hall–Kier alpha value is -2.03. The highest BCUT2D eigenvalue weighted by molar-refractivity contribution is 8.00. The molecule has 1 atom stereocenters. The zero-order chi connectivity index (χ0) is 18.5. The summed E-state index contributed by atoms with van der Waals surface area (Å²) < 4.78 is 1.63. The average molecular weight is 406 g/mol. The molecule has 1 N–H and O–H groups in total. The molecule has 0 saturated heterocycles. The topological polar surface area (TPSA) is 72.7 Å². The summed E-state index contributed by atoms with van der Waals surface area (Å²) in [6.07, 6.45) is 1.91. The van der Waals surface area contributed by atoms with Crippen LogP contribution in [0.2, 0.25) is 5.02 Å². The van der Waals surface area contributed by atoms with E-state index < -0.39 is 0 Å². The zero-order valence-corrected chi connectivity index (χ0v) is 16.5. The lowest BCUT2D eigenvalue weighted by atomic mass is 10.2. The largest absolute Gasteiger partial charge is 0.325 e. The second-order valence-electron chi connectivity index (χ2n) is 5.33. The van der Waals surface area contributed by atoms with E-state index in [4.69, 9.17) is 11.6 Å². The first-order valence-corrected chi connectivity index (χ1v) is 10.2. The van der Waals surface area contributed by atoms with E-state index in [-0.39, 0.29) is 11.2 Å². The van der Waals surface area contributed by atoms with Gasteiger partial charge >= 0.3 is 0 Å². The number of amides is 1. The van der Waals surface area contributed by atoms with Crippen LogP contribution in [0.4, 0.5) is 5.69 Å². The molecule has 0 fully saturated rings. The second kappa shape index (κ2) is 8.57. The minimum absolute atomic E-state index is 0.0797. The Bertz CT molecular complexity index is 900. The zero-order valence-electron chi connectivity index (χ0n) is 14.1. The monoisotopic (exact) mass is 405 g/mol. The summed E-state index contributed by atoms with van der Waals surface area (Å²) in [6, 6.07) is 14.8. The third-order valence-electron chi connectivity index (χ3n) is 3.48. The molecule has 0 spiro atoms. The molecule has 0 aliphatic rings. The molecule has 1 amide bonds. The first kappa shape index (κ1) is 18.8. The van der Waals surface area contributed by atoms with Gasteiger partial charge in [0.15, 0.2) is 0 Å². The molecule has 26 heavy (non-hydrogen) atoms. The first-order valence-electron chi connectivity index (χ1n) is 7.72. The number of rotatable bonds is 6. The highest BCUT2D eigenvalue weighted by Gasteiger charge is 2.15. The number of halogens is 1. The number of nitrogens with one attached hydrogen (secondary N) is 1. The van der Waals surface area contributed by atoms with Gasteiger partial charge in [0, 0.05) is 15.6 Å². The Morgan fingerprint density at radius 3 is 2.73 bits per heavy atom. The number of thioether (sulfide) groups is 2. The van der Waals surface area contributed by atoms with Gasteiger partial charge in [0.2, 0.25) is 11.1 Å². The third kappa shape index (κ3) is 4.57. The molecule has 1 aromatic heterocycles. The van der Waals surface area contributed by atoms with Crippen LogP contribution in [0.1, 0.15) is 6.92 Å². The molecule has 9 heteroatoms. The minimum Gasteiger partial charge on any atom is -0.325 e. The van der Waals surface area contributed by atoms with Crippen LogP contribution in [0.5, 0.6) is 0 Å². The molecule has 0 saturated carbocycles. The number of aromatic nitrogens is 4. The molecule has 3 aromatic rings. The molecular weight excluding hydrogens is 390 g/mol. The van der Waals surface area contributed by atoms with Gasteiger partial charge in [-0.2, -0.15) is 4.68 Å². The van der Waals surface area contributed by atoms with E-state index in [2.05, 4.69) is 20.8 Å². The summed E-state index contributed by atoms with van der Waals surface area (Å²) in [4.78, 5) is 13.5. The number of anilines is 1. The summed E-state index contributed by atoms with van der Waals surface area (Å²) in [6.45, 7) is 1.87. The number of nitrogens with zero attached hydrogens (tertiary/aromatic N) is 4. The van der Waals surface area contributed by atoms with Crippen LogP contribution in [0.15, 0.2) is 58.6 Å². The SMILES string of the molecule is CSc1nnnn1-c1cccc(NC(=O)C(C)Sc2ccc(Cl)cc2)c1. The van der Waals surface area contributed by atoms with Gasteiger partial charge in [0.05, 0.1) is 10.9 Å². The number of hydrogen-bond acceptors (Lipinski definition) is 6. The Balaban J connectivity index is 1.69. The quantitative estimate of drug-likeness (QED) is 0.621. The van der Waals surface area contributed by atoms with E-state index in [9.17, 15) is 4.79 Å². The average Bonchev–Trinajstić information content (AvgIpc) is 3.12. The van der Waals surface area contributed by atoms with Gasteiger partial charge in [-0.05, 0) is 66.1 Å². The highest BCUT2D eigenvalue weighted by Crippen LogP contribution is 2.26. The van der Waals surface area contributed by atoms with Crippen molar-refractivity contribution in [3.05, 3.63) is 53.6 Å². The Labute approximate surface area is 164 Å². The van der Waals surface area contributed by atoms with Gasteiger partial charge in [-0.3, -0.25) is 4.79 Å². The standard InChI is InChI=1S/C17H16ClN5OS2/c1-11(26-15-8-6-12(18)7-9-15)16(24)19-13-4-3-5-14(10-13)23-17(25-2)20-21-22-23/h3-11H,1-2H3,(H,19,24). The van der Waals surface area contributed by atoms with Crippen molar-refractivity contribution in [2.45, 2.75) is 22.2 Å².